The van der Waals surface area contributed by atoms with Gasteiger partial charge in [0.05, 0.1) is 0 Å². The number of carbonyl (C=O) groups is 1. The number of rotatable bonds is 2. The van der Waals surface area contributed by atoms with Crippen LogP contribution in [0.2, 0.25) is 0 Å². The zero-order valence-corrected chi connectivity index (χ0v) is 15.2. The number of amides is 1. The lowest BCUT2D eigenvalue weighted by atomic mass is 9.97. The standard InChI is InChI=1S/C21H23N3O2/c1-21(2,3)26-20(25)24-14-10-8-13(9-11-14)17-12-18(22)15-6-4-5-7-16(15)19(17)23/h4-12H,22-23H2,1-3H3,(H,24,25). The molecule has 26 heavy (non-hydrogen) atoms. The van der Waals surface area contributed by atoms with Crippen molar-refractivity contribution in [2.24, 2.45) is 0 Å². The number of hydrogen-bond acceptors (Lipinski definition) is 4. The summed E-state index contributed by atoms with van der Waals surface area (Å²) >= 11 is 0. The zero-order chi connectivity index (χ0) is 18.9. The van der Waals surface area contributed by atoms with Crippen LogP contribution in [0.25, 0.3) is 21.9 Å². The average molecular weight is 349 g/mol. The van der Waals surface area contributed by atoms with Crippen LogP contribution in [0.5, 0.6) is 0 Å². The Morgan fingerprint density at radius 2 is 1.58 bits per heavy atom. The fraction of sp³-hybridized carbons (Fsp3) is 0.190. The zero-order valence-electron chi connectivity index (χ0n) is 15.2. The first-order chi connectivity index (χ1) is 12.2. The maximum absolute atomic E-state index is 11.9. The van der Waals surface area contributed by atoms with Gasteiger partial charge in [0, 0.05) is 33.4 Å². The Bertz CT molecular complexity index is 957. The first-order valence-corrected chi connectivity index (χ1v) is 8.42. The van der Waals surface area contributed by atoms with E-state index in [9.17, 15) is 4.79 Å². The average Bonchev–Trinajstić information content (AvgIpc) is 2.57. The molecule has 0 heterocycles. The second-order valence-electron chi connectivity index (χ2n) is 7.18. The molecular formula is C21H23N3O2. The van der Waals surface area contributed by atoms with E-state index >= 15 is 0 Å². The van der Waals surface area contributed by atoms with Crippen LogP contribution in [0.3, 0.4) is 0 Å². The maximum atomic E-state index is 11.9. The van der Waals surface area contributed by atoms with E-state index < -0.39 is 11.7 Å². The summed E-state index contributed by atoms with van der Waals surface area (Å²) in [5, 5.41) is 4.59. The summed E-state index contributed by atoms with van der Waals surface area (Å²) in [6.07, 6.45) is -0.486. The highest BCUT2D eigenvalue weighted by atomic mass is 16.6. The quantitative estimate of drug-likeness (QED) is 0.567. The van der Waals surface area contributed by atoms with Crippen molar-refractivity contribution in [2.75, 3.05) is 16.8 Å². The van der Waals surface area contributed by atoms with Crippen LogP contribution in [0, 0.1) is 0 Å². The highest BCUT2D eigenvalue weighted by molar-refractivity contribution is 6.06. The molecular weight excluding hydrogens is 326 g/mol. The number of anilines is 3. The molecule has 3 aromatic carbocycles. The third-order valence-corrected chi connectivity index (χ3v) is 3.96. The molecule has 3 rings (SSSR count). The lowest BCUT2D eigenvalue weighted by Gasteiger charge is -2.19. The van der Waals surface area contributed by atoms with Crippen molar-refractivity contribution in [1.82, 2.24) is 0 Å². The fourth-order valence-corrected chi connectivity index (χ4v) is 2.82. The molecule has 0 spiro atoms. The first kappa shape index (κ1) is 17.6. The molecule has 5 heteroatoms. The summed E-state index contributed by atoms with van der Waals surface area (Å²) in [5.41, 5.74) is 15.8. The highest BCUT2D eigenvalue weighted by Gasteiger charge is 2.16. The van der Waals surface area contributed by atoms with Gasteiger partial charge in [-0.05, 0) is 44.5 Å². The molecule has 0 saturated carbocycles. The van der Waals surface area contributed by atoms with Gasteiger partial charge in [0.15, 0.2) is 0 Å². The van der Waals surface area contributed by atoms with Gasteiger partial charge in [-0.1, -0.05) is 36.4 Å². The van der Waals surface area contributed by atoms with Gasteiger partial charge in [0.2, 0.25) is 0 Å². The Hall–Kier alpha value is -3.21. The van der Waals surface area contributed by atoms with Gasteiger partial charge in [0.25, 0.3) is 0 Å². The van der Waals surface area contributed by atoms with Gasteiger partial charge < -0.3 is 16.2 Å². The van der Waals surface area contributed by atoms with E-state index in [0.717, 1.165) is 21.9 Å². The molecule has 0 atom stereocenters. The lowest BCUT2D eigenvalue weighted by molar-refractivity contribution is 0.0636. The number of nitrogen functional groups attached to an aromatic ring is 2. The molecule has 5 nitrogen and oxygen atoms in total. The van der Waals surface area contributed by atoms with Crippen molar-refractivity contribution in [3.63, 3.8) is 0 Å². The van der Waals surface area contributed by atoms with E-state index in [-0.39, 0.29) is 0 Å². The molecule has 5 N–H and O–H groups in total. The van der Waals surface area contributed by atoms with E-state index in [1.807, 2.05) is 75.4 Å². The van der Waals surface area contributed by atoms with Crippen molar-refractivity contribution >= 4 is 33.9 Å². The summed E-state index contributed by atoms with van der Waals surface area (Å²) < 4.78 is 5.25. The van der Waals surface area contributed by atoms with Crippen LogP contribution in [0.4, 0.5) is 21.9 Å². The van der Waals surface area contributed by atoms with E-state index in [4.69, 9.17) is 16.2 Å². The van der Waals surface area contributed by atoms with Crippen molar-refractivity contribution in [3.8, 4) is 11.1 Å². The minimum atomic E-state index is -0.541. The number of fused-ring (bicyclic) bond motifs is 1. The first-order valence-electron chi connectivity index (χ1n) is 8.42. The van der Waals surface area contributed by atoms with Crippen LogP contribution in [0.15, 0.2) is 54.6 Å². The number of nitrogens with one attached hydrogen (secondary N) is 1. The van der Waals surface area contributed by atoms with E-state index in [1.54, 1.807) is 0 Å². The number of carbonyl (C=O) groups excluding carboxylic acids is 1. The molecule has 0 saturated heterocycles. The molecule has 0 bridgehead atoms. The lowest BCUT2D eigenvalue weighted by Crippen LogP contribution is -2.27. The molecule has 0 aliphatic heterocycles. The third-order valence-electron chi connectivity index (χ3n) is 3.96. The Labute approximate surface area is 152 Å². The predicted octanol–water partition coefficient (Wildman–Crippen LogP) is 5.02. The summed E-state index contributed by atoms with van der Waals surface area (Å²) in [6, 6.07) is 17.1. The van der Waals surface area contributed by atoms with Gasteiger partial charge >= 0.3 is 6.09 Å². The molecule has 3 aromatic rings. The van der Waals surface area contributed by atoms with Crippen LogP contribution in [-0.2, 0) is 4.74 Å². The summed E-state index contributed by atoms with van der Waals surface area (Å²) in [4.78, 5) is 11.9. The summed E-state index contributed by atoms with van der Waals surface area (Å²) in [5.74, 6) is 0. The van der Waals surface area contributed by atoms with Crippen LogP contribution < -0.4 is 16.8 Å². The minimum absolute atomic E-state index is 0.486. The fourth-order valence-electron chi connectivity index (χ4n) is 2.82. The molecule has 0 radical (unpaired) electrons. The number of hydrogen-bond donors (Lipinski definition) is 3. The number of nitrogens with two attached hydrogens (primary N) is 2. The molecule has 1 amide bonds. The monoisotopic (exact) mass is 349 g/mol. The molecule has 0 fully saturated rings. The molecule has 0 aliphatic rings. The normalized spacial score (nSPS) is 11.3. The van der Waals surface area contributed by atoms with Gasteiger partial charge in [-0.25, -0.2) is 4.79 Å². The maximum Gasteiger partial charge on any atom is 0.412 e. The largest absolute Gasteiger partial charge is 0.444 e. The second kappa shape index (κ2) is 6.59. The van der Waals surface area contributed by atoms with E-state index in [2.05, 4.69) is 5.32 Å². The topological polar surface area (TPSA) is 90.4 Å². The Morgan fingerprint density at radius 1 is 0.962 bits per heavy atom. The minimum Gasteiger partial charge on any atom is -0.444 e. The van der Waals surface area contributed by atoms with E-state index in [1.165, 1.54) is 0 Å². The molecule has 134 valence electrons. The van der Waals surface area contributed by atoms with Gasteiger partial charge in [0.1, 0.15) is 5.60 Å². The van der Waals surface area contributed by atoms with Crippen LogP contribution in [-0.4, -0.2) is 11.7 Å². The van der Waals surface area contributed by atoms with Crippen LogP contribution >= 0.6 is 0 Å². The van der Waals surface area contributed by atoms with E-state index in [0.29, 0.717) is 17.1 Å². The van der Waals surface area contributed by atoms with Crippen LogP contribution in [0.1, 0.15) is 20.8 Å². The van der Waals surface area contributed by atoms with Gasteiger partial charge in [-0.15, -0.1) is 0 Å². The Kier molecular flexibility index (Phi) is 4.47. The Balaban J connectivity index is 1.89. The molecule has 0 unspecified atom stereocenters. The molecule has 0 aliphatic carbocycles. The SMILES string of the molecule is CC(C)(C)OC(=O)Nc1ccc(-c2cc(N)c3ccccc3c2N)cc1. The van der Waals surface area contributed by atoms with Crippen molar-refractivity contribution < 1.29 is 9.53 Å². The Morgan fingerprint density at radius 3 is 2.19 bits per heavy atom. The van der Waals surface area contributed by atoms with Gasteiger partial charge in [-0.2, -0.15) is 0 Å². The van der Waals surface area contributed by atoms with Crippen molar-refractivity contribution in [1.29, 1.82) is 0 Å². The second-order valence-corrected chi connectivity index (χ2v) is 7.18. The summed E-state index contributed by atoms with van der Waals surface area (Å²) in [6.45, 7) is 5.47. The number of ether oxygens (including phenoxy) is 1. The highest BCUT2D eigenvalue weighted by Crippen LogP contribution is 2.36. The summed E-state index contributed by atoms with van der Waals surface area (Å²) in [7, 11) is 0. The third kappa shape index (κ3) is 3.72. The smallest absolute Gasteiger partial charge is 0.412 e. The van der Waals surface area contributed by atoms with Crippen molar-refractivity contribution in [2.45, 2.75) is 26.4 Å². The van der Waals surface area contributed by atoms with Gasteiger partial charge in [-0.3, -0.25) is 5.32 Å². The molecule has 0 aromatic heterocycles. The predicted molar refractivity (Wildman–Crippen MR) is 108 cm³/mol. The van der Waals surface area contributed by atoms with Crippen molar-refractivity contribution in [3.05, 3.63) is 54.6 Å². The number of benzene rings is 3.